The van der Waals surface area contributed by atoms with Crippen molar-refractivity contribution < 1.29 is 9.46 Å². The predicted octanol–water partition coefficient (Wildman–Crippen LogP) is 2.93. The molecule has 0 aliphatic heterocycles. The van der Waals surface area contributed by atoms with Crippen molar-refractivity contribution in [3.8, 4) is 0 Å². The van der Waals surface area contributed by atoms with Crippen LogP contribution in [0.25, 0.3) is 0 Å². The minimum absolute atomic E-state index is 0.257. The van der Waals surface area contributed by atoms with Crippen LogP contribution in [0.15, 0.2) is 24.3 Å². The van der Waals surface area contributed by atoms with E-state index in [-0.39, 0.29) is 6.16 Å². The second-order valence-electron chi connectivity index (χ2n) is 5.03. The third kappa shape index (κ3) is 5.49. The Labute approximate surface area is 104 Å². The van der Waals surface area contributed by atoms with E-state index < -0.39 is 7.37 Å². The molecule has 0 saturated heterocycles. The Morgan fingerprint density at radius 3 is 2.12 bits per heavy atom. The van der Waals surface area contributed by atoms with Crippen molar-refractivity contribution >= 4 is 7.37 Å². The molecule has 0 aromatic heterocycles. The Bertz CT molecular complexity index is 394. The van der Waals surface area contributed by atoms with Crippen molar-refractivity contribution in [2.24, 2.45) is 0 Å². The summed E-state index contributed by atoms with van der Waals surface area (Å²) in [6.07, 6.45) is 0.257. The summed E-state index contributed by atoms with van der Waals surface area (Å²) in [6, 6.07) is 8.46. The van der Waals surface area contributed by atoms with Crippen LogP contribution in [-0.2, 0) is 17.3 Å². The highest BCUT2D eigenvalue weighted by atomic mass is 31.2. The van der Waals surface area contributed by atoms with Crippen LogP contribution in [0.2, 0.25) is 0 Å². The molecule has 1 aromatic carbocycles. The van der Waals surface area contributed by atoms with Gasteiger partial charge in [-0.3, -0.25) is 9.46 Å². The molecule has 3 nitrogen and oxygen atoms in total. The Hall–Kier alpha value is -0.630. The van der Waals surface area contributed by atoms with Crippen LogP contribution in [-0.4, -0.2) is 29.5 Å². The molecule has 0 bridgehead atoms. The molecular formula is C13H22NO2P. The first kappa shape index (κ1) is 14.4. The Balaban J connectivity index is 2.65. The quantitative estimate of drug-likeness (QED) is 0.822. The predicted molar refractivity (Wildman–Crippen MR) is 72.5 cm³/mol. The topological polar surface area (TPSA) is 40.5 Å². The summed E-state index contributed by atoms with van der Waals surface area (Å²) in [5.41, 5.74) is 2.16. The van der Waals surface area contributed by atoms with Gasteiger partial charge < -0.3 is 4.89 Å². The smallest absolute Gasteiger partial charge is 0.201 e. The van der Waals surface area contributed by atoms with Gasteiger partial charge in [-0.1, -0.05) is 24.3 Å². The van der Waals surface area contributed by atoms with Gasteiger partial charge in [0.05, 0.1) is 0 Å². The molecule has 0 aliphatic carbocycles. The van der Waals surface area contributed by atoms with Gasteiger partial charge in [-0.15, -0.1) is 0 Å². The maximum absolute atomic E-state index is 11.3. The van der Waals surface area contributed by atoms with Crippen molar-refractivity contribution in [3.63, 3.8) is 0 Å². The van der Waals surface area contributed by atoms with Crippen LogP contribution >= 0.6 is 7.37 Å². The number of hydrogen-bond acceptors (Lipinski definition) is 2. The summed E-state index contributed by atoms with van der Waals surface area (Å²) in [6.45, 7) is 6.62. The molecule has 1 unspecified atom stereocenters. The molecule has 1 N–H and O–H groups in total. The Morgan fingerprint density at radius 1 is 1.24 bits per heavy atom. The van der Waals surface area contributed by atoms with Crippen LogP contribution < -0.4 is 0 Å². The fraction of sp³-hybridized carbons (Fsp3) is 0.538. The summed E-state index contributed by atoms with van der Waals surface area (Å²) < 4.78 is 11.3. The summed E-state index contributed by atoms with van der Waals surface area (Å²) in [4.78, 5) is 11.6. The number of benzene rings is 1. The molecule has 0 spiro atoms. The molecule has 1 rings (SSSR count). The molecule has 0 radical (unpaired) electrons. The van der Waals surface area contributed by atoms with Gasteiger partial charge in [-0.2, -0.15) is 0 Å². The fourth-order valence-electron chi connectivity index (χ4n) is 1.56. The Kier molecular flexibility index (Phi) is 4.93. The molecule has 4 heteroatoms. The third-order valence-corrected chi connectivity index (χ3v) is 3.76. The van der Waals surface area contributed by atoms with E-state index in [4.69, 9.17) is 0 Å². The van der Waals surface area contributed by atoms with E-state index in [1.165, 1.54) is 12.2 Å². The van der Waals surface area contributed by atoms with Gasteiger partial charge >= 0.3 is 0 Å². The summed E-state index contributed by atoms with van der Waals surface area (Å²) in [5.74, 6) is 0. The van der Waals surface area contributed by atoms with Crippen LogP contribution in [0.5, 0.6) is 0 Å². The lowest BCUT2D eigenvalue weighted by molar-refractivity contribution is 0.266. The monoisotopic (exact) mass is 255 g/mol. The van der Waals surface area contributed by atoms with Crippen LogP contribution in [0.1, 0.15) is 25.0 Å². The average molecular weight is 255 g/mol. The van der Waals surface area contributed by atoms with Crippen molar-refractivity contribution in [2.75, 3.05) is 13.7 Å². The highest BCUT2D eigenvalue weighted by Gasteiger charge is 2.11. The highest BCUT2D eigenvalue weighted by Crippen LogP contribution is 2.39. The van der Waals surface area contributed by atoms with E-state index in [2.05, 4.69) is 25.8 Å². The van der Waals surface area contributed by atoms with E-state index in [0.29, 0.717) is 6.04 Å². The first-order valence-corrected chi connectivity index (χ1v) is 8.14. The van der Waals surface area contributed by atoms with Crippen LogP contribution in [0.3, 0.4) is 0 Å². The largest absolute Gasteiger partial charge is 0.344 e. The second kappa shape index (κ2) is 5.81. The van der Waals surface area contributed by atoms with Crippen LogP contribution in [0.4, 0.5) is 0 Å². The van der Waals surface area contributed by atoms with E-state index in [9.17, 15) is 9.46 Å². The van der Waals surface area contributed by atoms with E-state index in [1.807, 2.05) is 24.3 Å². The zero-order chi connectivity index (χ0) is 13.1. The summed E-state index contributed by atoms with van der Waals surface area (Å²) in [7, 11) is -0.867. The minimum atomic E-state index is -2.96. The first-order valence-electron chi connectivity index (χ1n) is 5.85. The zero-order valence-electron chi connectivity index (χ0n) is 11.1. The molecule has 17 heavy (non-hydrogen) atoms. The summed E-state index contributed by atoms with van der Waals surface area (Å²) >= 11 is 0. The van der Waals surface area contributed by atoms with Crippen LogP contribution in [0, 0.1) is 0 Å². The minimum Gasteiger partial charge on any atom is -0.344 e. The lowest BCUT2D eigenvalue weighted by Crippen LogP contribution is -2.25. The molecule has 0 aliphatic rings. The van der Waals surface area contributed by atoms with Crippen molar-refractivity contribution in [1.82, 2.24) is 4.90 Å². The fourth-order valence-corrected chi connectivity index (χ4v) is 2.45. The molecular weight excluding hydrogens is 233 g/mol. The molecule has 1 atom stereocenters. The van der Waals surface area contributed by atoms with Gasteiger partial charge in [0, 0.05) is 25.4 Å². The van der Waals surface area contributed by atoms with Crippen molar-refractivity contribution in [3.05, 3.63) is 35.4 Å². The van der Waals surface area contributed by atoms with Gasteiger partial charge in [0.1, 0.15) is 0 Å². The molecule has 0 saturated carbocycles. The van der Waals surface area contributed by atoms with Crippen molar-refractivity contribution in [1.29, 1.82) is 0 Å². The molecule has 0 fully saturated rings. The van der Waals surface area contributed by atoms with E-state index in [1.54, 1.807) is 0 Å². The highest BCUT2D eigenvalue weighted by molar-refractivity contribution is 7.56. The number of hydrogen-bond donors (Lipinski definition) is 1. The SMILES string of the molecule is CC(C)N(C)Cc1ccc(CP(C)(=O)O)cc1. The lowest BCUT2D eigenvalue weighted by atomic mass is 10.1. The molecule has 96 valence electrons. The van der Waals surface area contributed by atoms with Gasteiger partial charge in [-0.05, 0) is 32.0 Å². The van der Waals surface area contributed by atoms with Gasteiger partial charge in [-0.25, -0.2) is 0 Å². The van der Waals surface area contributed by atoms with Gasteiger partial charge in [0.15, 0.2) is 0 Å². The number of rotatable bonds is 5. The average Bonchev–Trinajstić information content (AvgIpc) is 2.18. The standard InChI is InChI=1S/C13H22NO2P/c1-11(2)14(3)9-12-5-7-13(8-6-12)10-17(4,15)16/h5-8,11H,9-10H2,1-4H3,(H,15,16). The molecule has 0 amide bonds. The normalized spacial score (nSPS) is 15.2. The maximum atomic E-state index is 11.3. The third-order valence-electron chi connectivity index (χ3n) is 2.81. The van der Waals surface area contributed by atoms with E-state index >= 15 is 0 Å². The zero-order valence-corrected chi connectivity index (χ0v) is 11.9. The van der Waals surface area contributed by atoms with Gasteiger partial charge in [0.2, 0.25) is 7.37 Å². The van der Waals surface area contributed by atoms with Crippen molar-refractivity contribution in [2.45, 2.75) is 32.6 Å². The first-order chi connectivity index (χ1) is 7.78. The summed E-state index contributed by atoms with van der Waals surface area (Å²) in [5, 5.41) is 0. The number of nitrogens with zero attached hydrogens (tertiary/aromatic N) is 1. The maximum Gasteiger partial charge on any atom is 0.201 e. The second-order valence-corrected chi connectivity index (χ2v) is 7.45. The lowest BCUT2D eigenvalue weighted by Gasteiger charge is -2.21. The van der Waals surface area contributed by atoms with E-state index in [0.717, 1.165) is 12.1 Å². The van der Waals surface area contributed by atoms with Gasteiger partial charge in [0.25, 0.3) is 0 Å². The Morgan fingerprint density at radius 2 is 1.71 bits per heavy atom. The molecule has 0 heterocycles. The molecule has 1 aromatic rings.